The van der Waals surface area contributed by atoms with E-state index >= 15 is 0 Å². The number of nitrogens with two attached hydrogens (primary N) is 1. The van der Waals surface area contributed by atoms with E-state index in [-0.39, 0.29) is 19.8 Å². The Hall–Kier alpha value is -1.75. The maximum absolute atomic E-state index is 10.8. The number of hydrogen-bond donors (Lipinski definition) is 2. The predicted octanol–water partition coefficient (Wildman–Crippen LogP) is -0.0646. The van der Waals surface area contributed by atoms with Crippen LogP contribution in [-0.2, 0) is 17.8 Å². The van der Waals surface area contributed by atoms with Crippen molar-refractivity contribution in [1.82, 2.24) is 0 Å². The summed E-state index contributed by atoms with van der Waals surface area (Å²) in [6.07, 6.45) is 0.0898. The monoisotopic (exact) mass is 209 g/mol. The smallest absolute Gasteiger partial charge is 0.231 e. The fourth-order valence-corrected chi connectivity index (χ4v) is 1.53. The molecular weight excluding hydrogens is 198 g/mol. The molecule has 1 heterocycles. The number of benzene rings is 1. The van der Waals surface area contributed by atoms with E-state index in [1.165, 1.54) is 0 Å². The highest BCUT2D eigenvalue weighted by Gasteiger charge is 2.17. The maximum atomic E-state index is 10.8. The molecule has 5 heteroatoms. The Bertz CT molecular complexity index is 403. The largest absolute Gasteiger partial charge is 0.454 e. The van der Waals surface area contributed by atoms with Crippen molar-refractivity contribution in [1.29, 1.82) is 0 Å². The Kier molecular flexibility index (Phi) is 2.47. The van der Waals surface area contributed by atoms with Crippen LogP contribution < -0.4 is 15.2 Å². The van der Waals surface area contributed by atoms with Crippen LogP contribution in [0.4, 0.5) is 0 Å². The molecule has 0 unspecified atom stereocenters. The van der Waals surface area contributed by atoms with Gasteiger partial charge in [-0.3, -0.25) is 4.79 Å². The lowest BCUT2D eigenvalue weighted by Crippen LogP contribution is -2.14. The van der Waals surface area contributed by atoms with E-state index in [2.05, 4.69) is 0 Å². The highest BCUT2D eigenvalue weighted by Crippen LogP contribution is 2.34. The molecule has 80 valence electrons. The number of aliphatic hydroxyl groups excluding tert-OH is 1. The van der Waals surface area contributed by atoms with Gasteiger partial charge in [-0.2, -0.15) is 0 Å². The molecule has 0 fully saturated rings. The summed E-state index contributed by atoms with van der Waals surface area (Å²) in [5, 5.41) is 9.11. The summed E-state index contributed by atoms with van der Waals surface area (Å²) in [5.41, 5.74) is 6.41. The van der Waals surface area contributed by atoms with Crippen molar-refractivity contribution in [3.63, 3.8) is 0 Å². The van der Waals surface area contributed by atoms with Crippen molar-refractivity contribution in [2.75, 3.05) is 6.79 Å². The van der Waals surface area contributed by atoms with Gasteiger partial charge in [-0.05, 0) is 23.3 Å². The zero-order valence-corrected chi connectivity index (χ0v) is 8.03. The van der Waals surface area contributed by atoms with Gasteiger partial charge < -0.3 is 20.3 Å². The summed E-state index contributed by atoms with van der Waals surface area (Å²) in [4.78, 5) is 10.8. The minimum absolute atomic E-state index is 0.0898. The standard InChI is InChI=1S/C10H11NO4/c11-10(13)3-6-1-8-9(15-5-14-8)2-7(6)4-12/h1-2,12H,3-5H2,(H2,11,13). The van der Waals surface area contributed by atoms with Crippen LogP contribution in [0.2, 0.25) is 0 Å². The molecule has 0 atom stereocenters. The lowest BCUT2D eigenvalue weighted by molar-refractivity contribution is -0.117. The van der Waals surface area contributed by atoms with Crippen LogP contribution >= 0.6 is 0 Å². The van der Waals surface area contributed by atoms with E-state index < -0.39 is 5.91 Å². The second-order valence-corrected chi connectivity index (χ2v) is 3.28. The molecule has 1 amide bonds. The zero-order valence-electron chi connectivity index (χ0n) is 8.03. The topological polar surface area (TPSA) is 81.8 Å². The molecule has 2 rings (SSSR count). The molecule has 0 radical (unpaired) electrons. The molecule has 0 aromatic heterocycles. The van der Waals surface area contributed by atoms with E-state index in [1.807, 2.05) is 0 Å². The van der Waals surface area contributed by atoms with Gasteiger partial charge in [-0.1, -0.05) is 0 Å². The number of hydrogen-bond acceptors (Lipinski definition) is 4. The molecule has 1 aliphatic heterocycles. The van der Waals surface area contributed by atoms with Crippen LogP contribution in [0, 0.1) is 0 Å². The first-order valence-corrected chi connectivity index (χ1v) is 4.51. The number of carbonyl (C=O) groups excluding carboxylic acids is 1. The number of aliphatic hydroxyl groups is 1. The Balaban J connectivity index is 2.39. The number of carbonyl (C=O) groups is 1. The van der Waals surface area contributed by atoms with Crippen molar-refractivity contribution in [2.24, 2.45) is 5.73 Å². The molecule has 3 N–H and O–H groups in total. The van der Waals surface area contributed by atoms with E-state index in [1.54, 1.807) is 12.1 Å². The van der Waals surface area contributed by atoms with Gasteiger partial charge in [-0.15, -0.1) is 0 Å². The van der Waals surface area contributed by atoms with Crippen LogP contribution in [0.5, 0.6) is 11.5 Å². The van der Waals surface area contributed by atoms with E-state index in [0.717, 1.165) is 0 Å². The summed E-state index contributed by atoms with van der Waals surface area (Å²) < 4.78 is 10.3. The van der Waals surface area contributed by atoms with Crippen LogP contribution in [0.3, 0.4) is 0 Å². The molecule has 0 saturated carbocycles. The summed E-state index contributed by atoms with van der Waals surface area (Å²) in [5.74, 6) is 0.735. The minimum atomic E-state index is -0.441. The number of fused-ring (bicyclic) bond motifs is 1. The first-order valence-electron chi connectivity index (χ1n) is 4.51. The Labute approximate surface area is 86.4 Å². The summed E-state index contributed by atoms with van der Waals surface area (Å²) in [6, 6.07) is 3.35. The quantitative estimate of drug-likeness (QED) is 0.730. The molecule has 0 aliphatic carbocycles. The molecule has 0 saturated heterocycles. The maximum Gasteiger partial charge on any atom is 0.231 e. The van der Waals surface area contributed by atoms with Crippen molar-refractivity contribution >= 4 is 5.91 Å². The minimum Gasteiger partial charge on any atom is -0.454 e. The average Bonchev–Trinajstić information content (AvgIpc) is 2.62. The second kappa shape index (κ2) is 3.78. The fourth-order valence-electron chi connectivity index (χ4n) is 1.53. The Morgan fingerprint density at radius 1 is 1.33 bits per heavy atom. The van der Waals surface area contributed by atoms with E-state index in [9.17, 15) is 4.79 Å². The Morgan fingerprint density at radius 3 is 2.47 bits per heavy atom. The SMILES string of the molecule is NC(=O)Cc1cc2c(cc1CO)OCO2. The van der Waals surface area contributed by atoms with E-state index in [4.69, 9.17) is 20.3 Å². The summed E-state index contributed by atoms with van der Waals surface area (Å²) in [7, 11) is 0. The predicted molar refractivity (Wildman–Crippen MR) is 51.4 cm³/mol. The summed E-state index contributed by atoms with van der Waals surface area (Å²) >= 11 is 0. The van der Waals surface area contributed by atoms with Crippen LogP contribution in [0.25, 0.3) is 0 Å². The van der Waals surface area contributed by atoms with Gasteiger partial charge in [0.15, 0.2) is 11.5 Å². The molecule has 1 aliphatic rings. The second-order valence-electron chi connectivity index (χ2n) is 3.28. The van der Waals surface area contributed by atoms with Crippen LogP contribution in [0.15, 0.2) is 12.1 Å². The Morgan fingerprint density at radius 2 is 1.93 bits per heavy atom. The number of rotatable bonds is 3. The first kappa shape index (κ1) is 9.79. The van der Waals surface area contributed by atoms with Gasteiger partial charge >= 0.3 is 0 Å². The molecule has 1 aromatic carbocycles. The molecular formula is C10H11NO4. The third-order valence-electron chi connectivity index (χ3n) is 2.23. The molecule has 15 heavy (non-hydrogen) atoms. The highest BCUT2D eigenvalue weighted by molar-refractivity contribution is 5.77. The lowest BCUT2D eigenvalue weighted by atomic mass is 10.0. The third kappa shape index (κ3) is 1.87. The van der Waals surface area contributed by atoms with Crippen LogP contribution in [0.1, 0.15) is 11.1 Å². The van der Waals surface area contributed by atoms with Gasteiger partial charge in [-0.25, -0.2) is 0 Å². The third-order valence-corrected chi connectivity index (χ3v) is 2.23. The fraction of sp³-hybridized carbons (Fsp3) is 0.300. The normalized spacial score (nSPS) is 12.9. The van der Waals surface area contributed by atoms with Gasteiger partial charge in [0, 0.05) is 0 Å². The van der Waals surface area contributed by atoms with Crippen molar-refractivity contribution < 1.29 is 19.4 Å². The highest BCUT2D eigenvalue weighted by atomic mass is 16.7. The molecule has 1 aromatic rings. The van der Waals surface area contributed by atoms with Crippen LogP contribution in [-0.4, -0.2) is 17.8 Å². The lowest BCUT2D eigenvalue weighted by Gasteiger charge is -2.06. The first-order chi connectivity index (χ1) is 7.20. The van der Waals surface area contributed by atoms with Gasteiger partial charge in [0.2, 0.25) is 12.7 Å². The molecule has 5 nitrogen and oxygen atoms in total. The van der Waals surface area contributed by atoms with Gasteiger partial charge in [0.1, 0.15) is 0 Å². The van der Waals surface area contributed by atoms with Gasteiger partial charge in [0.05, 0.1) is 13.0 Å². The van der Waals surface area contributed by atoms with Crippen molar-refractivity contribution in [2.45, 2.75) is 13.0 Å². The zero-order chi connectivity index (χ0) is 10.8. The summed E-state index contributed by atoms with van der Waals surface area (Å²) in [6.45, 7) is 0.0134. The molecule has 0 spiro atoms. The number of amides is 1. The van der Waals surface area contributed by atoms with Crippen molar-refractivity contribution in [3.8, 4) is 11.5 Å². The number of primary amides is 1. The van der Waals surface area contributed by atoms with Gasteiger partial charge in [0.25, 0.3) is 0 Å². The van der Waals surface area contributed by atoms with E-state index in [0.29, 0.717) is 22.6 Å². The van der Waals surface area contributed by atoms with Crippen molar-refractivity contribution in [3.05, 3.63) is 23.3 Å². The molecule has 0 bridgehead atoms. The average molecular weight is 209 g/mol. The number of ether oxygens (including phenoxy) is 2.